The summed E-state index contributed by atoms with van der Waals surface area (Å²) in [5.74, 6) is 2.16. The molecule has 0 saturated heterocycles. The van der Waals surface area contributed by atoms with Gasteiger partial charge in [-0.2, -0.15) is 0 Å². The van der Waals surface area contributed by atoms with Crippen LogP contribution in [0.5, 0.6) is 0 Å². The van der Waals surface area contributed by atoms with Gasteiger partial charge >= 0.3 is 0 Å². The van der Waals surface area contributed by atoms with Crippen molar-refractivity contribution in [2.75, 3.05) is 0 Å². The number of aromatic nitrogens is 2. The third-order valence-electron chi connectivity index (χ3n) is 11.7. The van der Waals surface area contributed by atoms with E-state index in [4.69, 9.17) is 20.0 Å². The van der Waals surface area contributed by atoms with Crippen LogP contribution in [0.2, 0.25) is 0 Å². The second-order valence-electron chi connectivity index (χ2n) is 15.2. The Morgan fingerprint density at radius 2 is 1.11 bits per heavy atom. The summed E-state index contributed by atoms with van der Waals surface area (Å²) in [5.41, 5.74) is 12.9. The molecule has 1 atom stereocenters. The Kier molecular flexibility index (Phi) is 8.09. The van der Waals surface area contributed by atoms with Crippen molar-refractivity contribution in [3.05, 3.63) is 192 Å². The molecular formula is C50H41N5. The van der Waals surface area contributed by atoms with Gasteiger partial charge in [0, 0.05) is 33.2 Å². The molecule has 1 N–H and O–H groups in total. The van der Waals surface area contributed by atoms with Crippen LogP contribution in [-0.4, -0.2) is 21.6 Å². The normalized spacial score (nSPS) is 18.1. The van der Waals surface area contributed by atoms with Gasteiger partial charge in [0.25, 0.3) is 0 Å². The molecule has 5 heteroatoms. The predicted molar refractivity (Wildman–Crippen MR) is 224 cm³/mol. The van der Waals surface area contributed by atoms with Crippen LogP contribution in [0, 0.1) is 0 Å². The first-order valence-electron chi connectivity index (χ1n) is 19.4. The van der Waals surface area contributed by atoms with Crippen LogP contribution in [0.3, 0.4) is 0 Å². The summed E-state index contributed by atoms with van der Waals surface area (Å²) >= 11 is 0. The van der Waals surface area contributed by atoms with Crippen molar-refractivity contribution in [2.24, 2.45) is 9.98 Å². The van der Waals surface area contributed by atoms with Crippen LogP contribution in [0.15, 0.2) is 174 Å². The van der Waals surface area contributed by atoms with Crippen molar-refractivity contribution >= 4 is 11.7 Å². The summed E-state index contributed by atoms with van der Waals surface area (Å²) in [6.07, 6.45) is 6.20. The standard InChI is InChI=1S/C50H41N5/c1-49(38-24-10-4-11-25-38)54-47(35-20-8-3-9-21-35)53-48(55-49)37-23-16-22-36(32-37)43-33-44(52-46(51-43)34-18-6-2-7-19-34)40-27-17-29-42-45(40)39-26-12-13-28-41(39)50(42)30-14-5-15-31-50/h2-4,6-13,16-29,32-33H,5,14-15,30-31H2,1H3,(H,53,54,55). The van der Waals surface area contributed by atoms with E-state index in [0.29, 0.717) is 11.7 Å². The monoisotopic (exact) mass is 711 g/mol. The molecule has 0 bridgehead atoms. The molecule has 6 aromatic carbocycles. The molecule has 1 saturated carbocycles. The van der Waals surface area contributed by atoms with E-state index in [1.807, 2.05) is 30.3 Å². The topological polar surface area (TPSA) is 62.5 Å². The van der Waals surface area contributed by atoms with Gasteiger partial charge in [-0.3, -0.25) is 0 Å². The maximum absolute atomic E-state index is 5.33. The van der Waals surface area contributed by atoms with E-state index in [1.54, 1.807) is 0 Å². The Balaban J connectivity index is 1.12. The first kappa shape index (κ1) is 33.1. The lowest BCUT2D eigenvalue weighted by Crippen LogP contribution is -2.46. The van der Waals surface area contributed by atoms with E-state index >= 15 is 0 Å². The van der Waals surface area contributed by atoms with Crippen LogP contribution in [0.1, 0.15) is 66.8 Å². The van der Waals surface area contributed by atoms with E-state index in [0.717, 1.165) is 50.6 Å². The number of nitrogens with one attached hydrogen (secondary N) is 1. The smallest absolute Gasteiger partial charge is 0.160 e. The molecule has 2 heterocycles. The van der Waals surface area contributed by atoms with Crippen LogP contribution in [0.4, 0.5) is 0 Å². The van der Waals surface area contributed by atoms with E-state index in [1.165, 1.54) is 54.4 Å². The number of hydrogen-bond acceptors (Lipinski definition) is 5. The second kappa shape index (κ2) is 13.4. The minimum atomic E-state index is -0.720. The van der Waals surface area contributed by atoms with Gasteiger partial charge in [0.05, 0.1) is 11.4 Å². The van der Waals surface area contributed by atoms with Gasteiger partial charge in [-0.25, -0.2) is 20.0 Å². The van der Waals surface area contributed by atoms with E-state index in [-0.39, 0.29) is 5.41 Å². The Hall–Kier alpha value is -6.46. The minimum Gasteiger partial charge on any atom is -0.342 e. The van der Waals surface area contributed by atoms with Gasteiger partial charge in [-0.05, 0) is 59.7 Å². The molecule has 1 aromatic heterocycles. The highest BCUT2D eigenvalue weighted by Gasteiger charge is 2.44. The zero-order valence-corrected chi connectivity index (χ0v) is 30.9. The van der Waals surface area contributed by atoms with Gasteiger partial charge < -0.3 is 5.32 Å². The zero-order chi connectivity index (χ0) is 36.8. The summed E-state index contributed by atoms with van der Waals surface area (Å²) in [6, 6.07) is 57.6. The number of benzene rings is 6. The fourth-order valence-electron chi connectivity index (χ4n) is 9.07. The van der Waals surface area contributed by atoms with Crippen LogP contribution < -0.4 is 5.32 Å². The van der Waals surface area contributed by atoms with Crippen LogP contribution >= 0.6 is 0 Å². The zero-order valence-electron chi connectivity index (χ0n) is 30.9. The molecule has 1 aliphatic heterocycles. The summed E-state index contributed by atoms with van der Waals surface area (Å²) in [4.78, 5) is 20.9. The number of fused-ring (bicyclic) bond motifs is 5. The largest absolute Gasteiger partial charge is 0.342 e. The molecule has 1 spiro atoms. The number of amidine groups is 2. The van der Waals surface area contributed by atoms with Gasteiger partial charge in [0.1, 0.15) is 5.84 Å². The molecule has 0 radical (unpaired) electrons. The number of hydrogen-bond donors (Lipinski definition) is 1. The highest BCUT2D eigenvalue weighted by atomic mass is 15.2. The maximum Gasteiger partial charge on any atom is 0.160 e. The molecular weight excluding hydrogens is 671 g/mol. The second-order valence-corrected chi connectivity index (χ2v) is 15.2. The highest BCUT2D eigenvalue weighted by Crippen LogP contribution is 2.57. The molecule has 10 rings (SSSR count). The van der Waals surface area contributed by atoms with Crippen molar-refractivity contribution < 1.29 is 0 Å². The van der Waals surface area contributed by atoms with Crippen molar-refractivity contribution in [3.63, 3.8) is 0 Å². The highest BCUT2D eigenvalue weighted by molar-refractivity contribution is 6.13. The van der Waals surface area contributed by atoms with Gasteiger partial charge in [0.15, 0.2) is 17.3 Å². The molecule has 5 nitrogen and oxygen atoms in total. The SMILES string of the molecule is CC1(c2ccccc2)N=C(c2ccccc2)N=C(c2cccc(-c3cc(-c4cccc5c4-c4ccccc4C54CCCCC4)nc(-c4ccccc4)n3)c2)N1. The molecule has 1 unspecified atom stereocenters. The third kappa shape index (κ3) is 5.79. The van der Waals surface area contributed by atoms with Crippen LogP contribution in [0.25, 0.3) is 45.0 Å². The molecule has 0 amide bonds. The molecule has 266 valence electrons. The fraction of sp³-hybridized carbons (Fsp3) is 0.160. The van der Waals surface area contributed by atoms with Gasteiger partial charge in [-0.1, -0.05) is 171 Å². The lowest BCUT2D eigenvalue weighted by Gasteiger charge is -2.36. The van der Waals surface area contributed by atoms with E-state index in [9.17, 15) is 0 Å². The van der Waals surface area contributed by atoms with Crippen molar-refractivity contribution in [1.29, 1.82) is 0 Å². The predicted octanol–water partition coefficient (Wildman–Crippen LogP) is 11.4. The molecule has 1 fully saturated rings. The Labute approximate surface area is 322 Å². The molecule has 55 heavy (non-hydrogen) atoms. The Morgan fingerprint density at radius 3 is 1.89 bits per heavy atom. The van der Waals surface area contributed by atoms with Crippen molar-refractivity contribution in [3.8, 4) is 45.0 Å². The van der Waals surface area contributed by atoms with Crippen molar-refractivity contribution in [2.45, 2.75) is 50.1 Å². The van der Waals surface area contributed by atoms with Crippen molar-refractivity contribution in [1.82, 2.24) is 15.3 Å². The third-order valence-corrected chi connectivity index (χ3v) is 11.7. The summed E-state index contributed by atoms with van der Waals surface area (Å²) in [7, 11) is 0. The lowest BCUT2D eigenvalue weighted by molar-refractivity contribution is 0.353. The van der Waals surface area contributed by atoms with Crippen LogP contribution in [-0.2, 0) is 11.1 Å². The van der Waals surface area contributed by atoms with Gasteiger partial charge in [0.2, 0.25) is 0 Å². The number of aliphatic imine (C=N–C) groups is 2. The average Bonchev–Trinajstić information content (AvgIpc) is 3.53. The van der Waals surface area contributed by atoms with E-state index < -0.39 is 5.66 Å². The fourth-order valence-corrected chi connectivity index (χ4v) is 9.07. The quantitative estimate of drug-likeness (QED) is 0.187. The minimum absolute atomic E-state index is 0.0660. The summed E-state index contributed by atoms with van der Waals surface area (Å²) < 4.78 is 0. The maximum atomic E-state index is 5.33. The lowest BCUT2D eigenvalue weighted by atomic mass is 9.68. The summed E-state index contributed by atoms with van der Waals surface area (Å²) in [5, 5.41) is 3.71. The summed E-state index contributed by atoms with van der Waals surface area (Å²) in [6.45, 7) is 2.11. The first-order valence-corrected chi connectivity index (χ1v) is 19.4. The number of rotatable bonds is 6. The van der Waals surface area contributed by atoms with Gasteiger partial charge in [-0.15, -0.1) is 0 Å². The Morgan fingerprint density at radius 1 is 0.509 bits per heavy atom. The first-order chi connectivity index (χ1) is 27.1. The average molecular weight is 712 g/mol. The molecule has 7 aromatic rings. The number of nitrogens with zero attached hydrogens (tertiary/aromatic N) is 4. The molecule has 3 aliphatic rings. The Bertz CT molecular complexity index is 2610. The molecule has 2 aliphatic carbocycles. The van der Waals surface area contributed by atoms with E-state index in [2.05, 4.69) is 146 Å².